The first kappa shape index (κ1) is 15.0. The molecule has 0 aromatic carbocycles. The highest BCUT2D eigenvalue weighted by atomic mass is 16.2. The van der Waals surface area contributed by atoms with Crippen LogP contribution < -0.4 is 5.32 Å². The highest BCUT2D eigenvalue weighted by molar-refractivity contribution is 5.78. The lowest BCUT2D eigenvalue weighted by atomic mass is 10.3. The van der Waals surface area contributed by atoms with E-state index < -0.39 is 0 Å². The zero-order valence-electron chi connectivity index (χ0n) is 11.7. The molecule has 0 radical (unpaired) electrons. The van der Waals surface area contributed by atoms with Gasteiger partial charge in [0, 0.05) is 39.1 Å². The average Bonchev–Trinajstić information content (AvgIpc) is 2.86. The summed E-state index contributed by atoms with van der Waals surface area (Å²) in [6.07, 6.45) is 2.73. The predicted molar refractivity (Wildman–Crippen MR) is 71.2 cm³/mol. The van der Waals surface area contributed by atoms with Crippen molar-refractivity contribution in [3.8, 4) is 0 Å². The van der Waals surface area contributed by atoms with Gasteiger partial charge in [-0.15, -0.1) is 0 Å². The van der Waals surface area contributed by atoms with Crippen molar-refractivity contribution in [1.29, 1.82) is 0 Å². The van der Waals surface area contributed by atoms with Crippen LogP contribution in [0.25, 0.3) is 0 Å². The fourth-order valence-corrected chi connectivity index (χ4v) is 1.93. The summed E-state index contributed by atoms with van der Waals surface area (Å²) in [5.74, 6) is 0.267. The quantitative estimate of drug-likeness (QED) is 0.701. The molecule has 0 spiro atoms. The number of nitrogens with one attached hydrogen (secondary N) is 1. The molecular weight excluding hydrogens is 230 g/mol. The van der Waals surface area contributed by atoms with Gasteiger partial charge in [-0.2, -0.15) is 0 Å². The first-order valence-corrected chi connectivity index (χ1v) is 6.76. The van der Waals surface area contributed by atoms with Crippen LogP contribution in [0.3, 0.4) is 0 Å². The molecule has 0 aliphatic carbocycles. The number of rotatable bonds is 6. The Labute approximate surface area is 110 Å². The first-order valence-electron chi connectivity index (χ1n) is 6.76. The van der Waals surface area contributed by atoms with Gasteiger partial charge in [-0.3, -0.25) is 9.59 Å². The smallest absolute Gasteiger partial charge is 0.236 e. The number of likely N-dealkylation sites (N-methyl/N-ethyl adjacent to an activating group) is 1. The number of amides is 2. The van der Waals surface area contributed by atoms with Crippen molar-refractivity contribution in [2.45, 2.75) is 39.2 Å². The zero-order valence-corrected chi connectivity index (χ0v) is 11.7. The molecule has 1 fully saturated rings. The Morgan fingerprint density at radius 3 is 2.44 bits per heavy atom. The summed E-state index contributed by atoms with van der Waals surface area (Å²) in [7, 11) is 1.80. The molecule has 1 aliphatic rings. The molecule has 0 aromatic rings. The van der Waals surface area contributed by atoms with Gasteiger partial charge in [0.2, 0.25) is 11.8 Å². The van der Waals surface area contributed by atoms with Crippen molar-refractivity contribution in [2.75, 3.05) is 33.2 Å². The molecule has 5 heteroatoms. The van der Waals surface area contributed by atoms with Crippen molar-refractivity contribution in [3.63, 3.8) is 0 Å². The van der Waals surface area contributed by atoms with E-state index in [1.807, 2.05) is 18.7 Å². The number of hydrogen-bond acceptors (Lipinski definition) is 3. The number of carbonyl (C=O) groups excluding carboxylic acids is 2. The lowest BCUT2D eigenvalue weighted by molar-refractivity contribution is -0.132. The Morgan fingerprint density at radius 2 is 1.89 bits per heavy atom. The molecule has 18 heavy (non-hydrogen) atoms. The Balaban J connectivity index is 2.11. The maximum Gasteiger partial charge on any atom is 0.236 e. The van der Waals surface area contributed by atoms with Gasteiger partial charge in [0.1, 0.15) is 0 Å². The third-order valence-electron chi connectivity index (χ3n) is 3.42. The Bertz CT molecular complexity index is 270. The standard InChI is InChI=1S/C13H25N3O2/c1-11(2)15(3)13(18)10-14-7-6-12(17)16-8-4-5-9-16/h11,14H,4-10H2,1-3H3. The second-order valence-electron chi connectivity index (χ2n) is 5.11. The molecule has 2 amide bonds. The molecule has 1 rings (SSSR count). The number of nitrogens with zero attached hydrogens (tertiary/aromatic N) is 2. The van der Waals surface area contributed by atoms with Crippen molar-refractivity contribution < 1.29 is 9.59 Å². The van der Waals surface area contributed by atoms with Crippen LogP contribution in [0.2, 0.25) is 0 Å². The number of carbonyl (C=O) groups is 2. The zero-order chi connectivity index (χ0) is 13.5. The van der Waals surface area contributed by atoms with E-state index in [0.29, 0.717) is 19.5 Å². The summed E-state index contributed by atoms with van der Waals surface area (Å²) < 4.78 is 0. The maximum absolute atomic E-state index is 11.7. The van der Waals surface area contributed by atoms with Crippen molar-refractivity contribution in [3.05, 3.63) is 0 Å². The van der Waals surface area contributed by atoms with Gasteiger partial charge >= 0.3 is 0 Å². The second-order valence-corrected chi connectivity index (χ2v) is 5.11. The predicted octanol–water partition coefficient (Wildman–Crippen LogP) is 0.455. The van der Waals surface area contributed by atoms with Crippen LogP contribution in [0.4, 0.5) is 0 Å². The molecule has 0 unspecified atom stereocenters. The average molecular weight is 255 g/mol. The lowest BCUT2D eigenvalue weighted by Gasteiger charge is -2.21. The normalized spacial score (nSPS) is 15.2. The monoisotopic (exact) mass is 255 g/mol. The Kier molecular flexibility index (Phi) is 6.12. The van der Waals surface area contributed by atoms with E-state index in [2.05, 4.69) is 5.32 Å². The molecule has 104 valence electrons. The largest absolute Gasteiger partial charge is 0.343 e. The van der Waals surface area contributed by atoms with E-state index in [4.69, 9.17) is 0 Å². The van der Waals surface area contributed by atoms with E-state index in [1.165, 1.54) is 0 Å². The topological polar surface area (TPSA) is 52.7 Å². The van der Waals surface area contributed by atoms with Crippen molar-refractivity contribution in [1.82, 2.24) is 15.1 Å². The van der Waals surface area contributed by atoms with Crippen LogP contribution in [-0.4, -0.2) is 60.9 Å². The number of hydrogen-bond donors (Lipinski definition) is 1. The summed E-state index contributed by atoms with van der Waals surface area (Å²) in [6, 6.07) is 0.213. The molecule has 0 bridgehead atoms. The van der Waals surface area contributed by atoms with E-state index in [-0.39, 0.29) is 17.9 Å². The van der Waals surface area contributed by atoms with Crippen LogP contribution in [-0.2, 0) is 9.59 Å². The summed E-state index contributed by atoms with van der Waals surface area (Å²) in [5.41, 5.74) is 0. The summed E-state index contributed by atoms with van der Waals surface area (Å²) in [5, 5.41) is 3.04. The highest BCUT2D eigenvalue weighted by Crippen LogP contribution is 2.08. The van der Waals surface area contributed by atoms with Crippen LogP contribution in [0, 0.1) is 0 Å². The second kappa shape index (κ2) is 7.36. The van der Waals surface area contributed by atoms with Crippen molar-refractivity contribution >= 4 is 11.8 Å². The maximum atomic E-state index is 11.7. The van der Waals surface area contributed by atoms with Gasteiger partial charge in [0.05, 0.1) is 6.54 Å². The van der Waals surface area contributed by atoms with Gasteiger partial charge in [-0.05, 0) is 26.7 Å². The van der Waals surface area contributed by atoms with E-state index in [9.17, 15) is 9.59 Å². The lowest BCUT2D eigenvalue weighted by Crippen LogP contribution is -2.40. The number of likely N-dealkylation sites (tertiary alicyclic amines) is 1. The highest BCUT2D eigenvalue weighted by Gasteiger charge is 2.17. The molecule has 0 aromatic heterocycles. The third kappa shape index (κ3) is 4.64. The SMILES string of the molecule is CC(C)N(C)C(=O)CNCCC(=O)N1CCCC1. The van der Waals surface area contributed by atoms with Gasteiger partial charge in [-0.25, -0.2) is 0 Å². The molecule has 5 nitrogen and oxygen atoms in total. The molecule has 1 saturated heterocycles. The van der Waals surface area contributed by atoms with Crippen LogP contribution in [0.1, 0.15) is 33.1 Å². The minimum absolute atomic E-state index is 0.0682. The fourth-order valence-electron chi connectivity index (χ4n) is 1.93. The summed E-state index contributed by atoms with van der Waals surface area (Å²) >= 11 is 0. The minimum atomic E-state index is 0.0682. The van der Waals surface area contributed by atoms with E-state index in [1.54, 1.807) is 11.9 Å². The minimum Gasteiger partial charge on any atom is -0.343 e. The van der Waals surface area contributed by atoms with E-state index >= 15 is 0 Å². The molecule has 1 heterocycles. The van der Waals surface area contributed by atoms with Crippen LogP contribution in [0.15, 0.2) is 0 Å². The summed E-state index contributed by atoms with van der Waals surface area (Å²) in [6.45, 7) is 6.64. The molecular formula is C13H25N3O2. The third-order valence-corrected chi connectivity index (χ3v) is 3.42. The molecule has 0 atom stereocenters. The first-order chi connectivity index (χ1) is 8.52. The fraction of sp³-hybridized carbons (Fsp3) is 0.846. The Hall–Kier alpha value is -1.10. The molecule has 1 aliphatic heterocycles. The van der Waals surface area contributed by atoms with Gasteiger partial charge in [-0.1, -0.05) is 0 Å². The molecule has 0 saturated carbocycles. The van der Waals surface area contributed by atoms with Gasteiger partial charge in [0.25, 0.3) is 0 Å². The van der Waals surface area contributed by atoms with E-state index in [0.717, 1.165) is 25.9 Å². The Morgan fingerprint density at radius 1 is 1.28 bits per heavy atom. The summed E-state index contributed by atoms with van der Waals surface area (Å²) in [4.78, 5) is 27.0. The van der Waals surface area contributed by atoms with Crippen LogP contribution in [0.5, 0.6) is 0 Å². The molecule has 1 N–H and O–H groups in total. The van der Waals surface area contributed by atoms with Gasteiger partial charge in [0.15, 0.2) is 0 Å². The van der Waals surface area contributed by atoms with Gasteiger partial charge < -0.3 is 15.1 Å². The van der Waals surface area contributed by atoms with Crippen LogP contribution >= 0.6 is 0 Å². The van der Waals surface area contributed by atoms with Crippen molar-refractivity contribution in [2.24, 2.45) is 0 Å².